The molecule has 1 saturated heterocycles. The number of rotatable bonds is 2. The highest BCUT2D eigenvalue weighted by Crippen LogP contribution is 2.24. The van der Waals surface area contributed by atoms with Crippen molar-refractivity contribution >= 4 is 37.8 Å². The third-order valence-corrected chi connectivity index (χ3v) is 5.05. The van der Waals surface area contributed by atoms with Crippen molar-refractivity contribution in [2.45, 2.75) is 19.8 Å². The van der Waals surface area contributed by atoms with E-state index in [0.717, 1.165) is 52.8 Å². The molecule has 18 heavy (non-hydrogen) atoms. The minimum absolute atomic E-state index is 0.148. The molecule has 0 radical (unpaired) electrons. The minimum atomic E-state index is 0.148. The molecule has 1 heterocycles. The Kier molecular flexibility index (Phi) is 4.84. The second-order valence-electron chi connectivity index (χ2n) is 4.87. The van der Waals surface area contributed by atoms with Crippen molar-refractivity contribution in [3.05, 3.63) is 33.8 Å². The molecular weight excluding hydrogens is 358 g/mol. The fraction of sp³-hybridized carbons (Fsp3) is 0.500. The number of hydrogen-bond donors (Lipinski definition) is 0. The predicted octanol–water partition coefficient (Wildman–Crippen LogP) is 4.00. The normalized spacial score (nSPS) is 16.9. The van der Waals surface area contributed by atoms with Gasteiger partial charge in [0.2, 0.25) is 0 Å². The summed E-state index contributed by atoms with van der Waals surface area (Å²) in [6, 6.07) is 5.90. The number of hydrogen-bond acceptors (Lipinski definition) is 1. The van der Waals surface area contributed by atoms with Crippen LogP contribution in [0.1, 0.15) is 28.8 Å². The molecule has 0 unspecified atom stereocenters. The number of halogens is 2. The maximum atomic E-state index is 12.4. The van der Waals surface area contributed by atoms with Gasteiger partial charge in [0.05, 0.1) is 5.56 Å². The van der Waals surface area contributed by atoms with Gasteiger partial charge in [0.1, 0.15) is 0 Å². The zero-order valence-electron chi connectivity index (χ0n) is 10.5. The second kappa shape index (κ2) is 6.20. The molecule has 1 fully saturated rings. The third-order valence-electron chi connectivity index (χ3n) is 3.47. The van der Waals surface area contributed by atoms with Crippen LogP contribution in [0.3, 0.4) is 0 Å². The van der Waals surface area contributed by atoms with E-state index in [2.05, 4.69) is 31.9 Å². The smallest absolute Gasteiger partial charge is 0.254 e. The highest BCUT2D eigenvalue weighted by Gasteiger charge is 2.24. The average Bonchev–Trinajstić information content (AvgIpc) is 2.38. The van der Waals surface area contributed by atoms with Crippen LogP contribution in [0.25, 0.3) is 0 Å². The number of piperidine rings is 1. The molecule has 1 aromatic carbocycles. The lowest BCUT2D eigenvalue weighted by Crippen LogP contribution is -2.38. The Balaban J connectivity index is 2.08. The first-order chi connectivity index (χ1) is 8.61. The van der Waals surface area contributed by atoms with E-state index in [-0.39, 0.29) is 5.91 Å². The first-order valence-electron chi connectivity index (χ1n) is 6.23. The molecule has 2 nitrogen and oxygen atoms in total. The fourth-order valence-electron chi connectivity index (χ4n) is 2.25. The number of nitrogens with zero attached hydrogens (tertiary/aromatic N) is 1. The van der Waals surface area contributed by atoms with Crippen molar-refractivity contribution < 1.29 is 4.79 Å². The first-order valence-corrected chi connectivity index (χ1v) is 8.14. The summed E-state index contributed by atoms with van der Waals surface area (Å²) < 4.78 is 0.898. The maximum absolute atomic E-state index is 12.4. The van der Waals surface area contributed by atoms with Crippen molar-refractivity contribution in [1.29, 1.82) is 0 Å². The van der Waals surface area contributed by atoms with Gasteiger partial charge in [0.15, 0.2) is 0 Å². The summed E-state index contributed by atoms with van der Waals surface area (Å²) >= 11 is 7.01. The molecule has 1 aliphatic heterocycles. The van der Waals surface area contributed by atoms with Crippen LogP contribution in [0.15, 0.2) is 22.7 Å². The second-order valence-corrected chi connectivity index (χ2v) is 6.37. The Morgan fingerprint density at radius 1 is 1.39 bits per heavy atom. The van der Waals surface area contributed by atoms with Gasteiger partial charge in [-0.3, -0.25) is 4.79 Å². The SMILES string of the molecule is Cc1ccc(C(=O)N2CCC(CBr)CC2)c(Br)c1. The minimum Gasteiger partial charge on any atom is -0.339 e. The molecule has 0 spiro atoms. The topological polar surface area (TPSA) is 20.3 Å². The van der Waals surface area contributed by atoms with Crippen molar-refractivity contribution in [3.8, 4) is 0 Å². The largest absolute Gasteiger partial charge is 0.339 e. The van der Waals surface area contributed by atoms with E-state index in [4.69, 9.17) is 0 Å². The summed E-state index contributed by atoms with van der Waals surface area (Å²) in [5, 5.41) is 1.04. The van der Waals surface area contributed by atoms with E-state index in [9.17, 15) is 4.79 Å². The lowest BCUT2D eigenvalue weighted by atomic mass is 9.98. The number of carbonyl (C=O) groups excluding carboxylic acids is 1. The van der Waals surface area contributed by atoms with Gasteiger partial charge >= 0.3 is 0 Å². The number of carbonyl (C=O) groups is 1. The van der Waals surface area contributed by atoms with Gasteiger partial charge in [-0.1, -0.05) is 22.0 Å². The van der Waals surface area contributed by atoms with E-state index in [1.54, 1.807) is 0 Å². The first kappa shape index (κ1) is 14.1. The van der Waals surface area contributed by atoms with Crippen LogP contribution < -0.4 is 0 Å². The Labute approximate surface area is 125 Å². The quantitative estimate of drug-likeness (QED) is 0.716. The number of aryl methyl sites for hydroxylation is 1. The van der Waals surface area contributed by atoms with E-state index in [0.29, 0.717) is 0 Å². The summed E-state index contributed by atoms with van der Waals surface area (Å²) in [6.07, 6.45) is 2.20. The molecule has 1 aliphatic rings. The van der Waals surface area contributed by atoms with Gasteiger partial charge in [-0.25, -0.2) is 0 Å². The zero-order chi connectivity index (χ0) is 13.1. The highest BCUT2D eigenvalue weighted by molar-refractivity contribution is 9.10. The van der Waals surface area contributed by atoms with E-state index in [1.165, 1.54) is 0 Å². The Morgan fingerprint density at radius 2 is 2.06 bits per heavy atom. The van der Waals surface area contributed by atoms with Crippen molar-refractivity contribution in [3.63, 3.8) is 0 Å². The van der Waals surface area contributed by atoms with Gasteiger partial charge in [-0.05, 0) is 59.3 Å². The molecule has 2 rings (SSSR count). The maximum Gasteiger partial charge on any atom is 0.254 e. The molecule has 0 aliphatic carbocycles. The molecule has 0 N–H and O–H groups in total. The van der Waals surface area contributed by atoms with Crippen LogP contribution in [-0.2, 0) is 0 Å². The highest BCUT2D eigenvalue weighted by atomic mass is 79.9. The van der Waals surface area contributed by atoms with Crippen LogP contribution in [0, 0.1) is 12.8 Å². The molecule has 0 bridgehead atoms. The molecular formula is C14H17Br2NO. The summed E-state index contributed by atoms with van der Waals surface area (Å²) in [7, 11) is 0. The van der Waals surface area contributed by atoms with Crippen molar-refractivity contribution in [2.75, 3.05) is 18.4 Å². The fourth-order valence-corrected chi connectivity index (χ4v) is 3.56. The summed E-state index contributed by atoms with van der Waals surface area (Å²) in [6.45, 7) is 3.77. The van der Waals surface area contributed by atoms with E-state index < -0.39 is 0 Å². The van der Waals surface area contributed by atoms with Crippen molar-refractivity contribution in [1.82, 2.24) is 4.90 Å². The Morgan fingerprint density at radius 3 is 2.61 bits per heavy atom. The zero-order valence-corrected chi connectivity index (χ0v) is 13.6. The predicted molar refractivity (Wildman–Crippen MR) is 81.3 cm³/mol. The lowest BCUT2D eigenvalue weighted by Gasteiger charge is -2.31. The van der Waals surface area contributed by atoms with Crippen LogP contribution in [-0.4, -0.2) is 29.2 Å². The van der Waals surface area contributed by atoms with Gasteiger partial charge < -0.3 is 4.90 Å². The average molecular weight is 375 g/mol. The standard InChI is InChI=1S/C14H17Br2NO/c1-10-2-3-12(13(16)8-10)14(18)17-6-4-11(9-15)5-7-17/h2-3,8,11H,4-7,9H2,1H3. The molecule has 0 aromatic heterocycles. The van der Waals surface area contributed by atoms with Gasteiger partial charge in [-0.2, -0.15) is 0 Å². The number of alkyl halides is 1. The molecule has 1 amide bonds. The third kappa shape index (κ3) is 3.15. The molecule has 98 valence electrons. The summed E-state index contributed by atoms with van der Waals surface area (Å²) in [5.74, 6) is 0.866. The number of amides is 1. The summed E-state index contributed by atoms with van der Waals surface area (Å²) in [4.78, 5) is 14.4. The van der Waals surface area contributed by atoms with Crippen LogP contribution in [0.5, 0.6) is 0 Å². The monoisotopic (exact) mass is 373 g/mol. The van der Waals surface area contributed by atoms with Gasteiger partial charge in [0.25, 0.3) is 5.91 Å². The van der Waals surface area contributed by atoms with E-state index >= 15 is 0 Å². The lowest BCUT2D eigenvalue weighted by molar-refractivity contribution is 0.0698. The summed E-state index contributed by atoms with van der Waals surface area (Å²) in [5.41, 5.74) is 1.94. The molecule has 0 saturated carbocycles. The van der Waals surface area contributed by atoms with Gasteiger partial charge in [0, 0.05) is 22.9 Å². The molecule has 0 atom stereocenters. The number of benzene rings is 1. The van der Waals surface area contributed by atoms with E-state index in [1.807, 2.05) is 30.0 Å². The number of likely N-dealkylation sites (tertiary alicyclic amines) is 1. The van der Waals surface area contributed by atoms with Crippen LogP contribution in [0.2, 0.25) is 0 Å². The molecule has 1 aromatic rings. The molecule has 4 heteroatoms. The van der Waals surface area contributed by atoms with Crippen molar-refractivity contribution in [2.24, 2.45) is 5.92 Å². The van der Waals surface area contributed by atoms with Crippen LogP contribution in [0.4, 0.5) is 0 Å². The Bertz CT molecular complexity index is 439. The van der Waals surface area contributed by atoms with Crippen LogP contribution >= 0.6 is 31.9 Å². The Hall–Kier alpha value is -0.350. The van der Waals surface area contributed by atoms with Gasteiger partial charge in [-0.15, -0.1) is 0 Å².